The van der Waals surface area contributed by atoms with E-state index in [9.17, 15) is 4.79 Å². The molecule has 0 aliphatic carbocycles. The van der Waals surface area contributed by atoms with E-state index in [0.29, 0.717) is 5.69 Å². The monoisotopic (exact) mass is 191 g/mol. The lowest BCUT2D eigenvalue weighted by atomic mass is 10.1. The van der Waals surface area contributed by atoms with Crippen LogP contribution in [-0.4, -0.2) is 13.1 Å². The molecule has 1 aromatic carbocycles. The highest BCUT2D eigenvalue weighted by Gasteiger charge is 1.96. The van der Waals surface area contributed by atoms with E-state index >= 15 is 0 Å². The van der Waals surface area contributed by atoms with E-state index in [4.69, 9.17) is 5.73 Å². The van der Waals surface area contributed by atoms with Crippen LogP contribution in [0.25, 0.3) is 6.08 Å². The Hall–Kier alpha value is -1.77. The fourth-order valence-electron chi connectivity index (χ4n) is 1.06. The summed E-state index contributed by atoms with van der Waals surface area (Å²) in [6.45, 7) is 1.95. The van der Waals surface area contributed by atoms with Gasteiger partial charge in [-0.25, -0.2) is 4.79 Å². The molecule has 0 aromatic heterocycles. The Morgan fingerprint density at radius 3 is 2.86 bits per heavy atom. The number of ether oxygens (including phenoxy) is 1. The number of anilines is 1. The SMILES string of the molecule is COC(=O)C=Cc1cc(N)ccc1C. The molecule has 0 saturated heterocycles. The first-order valence-electron chi connectivity index (χ1n) is 4.25. The molecule has 0 atom stereocenters. The fourth-order valence-corrected chi connectivity index (χ4v) is 1.06. The molecule has 0 aliphatic rings. The Labute approximate surface area is 83.2 Å². The van der Waals surface area contributed by atoms with Gasteiger partial charge in [0, 0.05) is 11.8 Å². The summed E-state index contributed by atoms with van der Waals surface area (Å²) in [5.74, 6) is -0.369. The van der Waals surface area contributed by atoms with Crippen LogP contribution in [0.3, 0.4) is 0 Å². The molecule has 1 rings (SSSR count). The third-order valence-electron chi connectivity index (χ3n) is 1.90. The maximum absolute atomic E-state index is 10.8. The summed E-state index contributed by atoms with van der Waals surface area (Å²) in [5, 5.41) is 0. The minimum Gasteiger partial charge on any atom is -0.466 e. The molecule has 0 spiro atoms. The van der Waals surface area contributed by atoms with Crippen molar-refractivity contribution < 1.29 is 9.53 Å². The predicted molar refractivity (Wildman–Crippen MR) is 56.6 cm³/mol. The van der Waals surface area contributed by atoms with Gasteiger partial charge in [0.15, 0.2) is 0 Å². The molecule has 0 saturated carbocycles. The van der Waals surface area contributed by atoms with Gasteiger partial charge in [0.25, 0.3) is 0 Å². The molecule has 0 radical (unpaired) electrons. The molecule has 0 heterocycles. The Bertz CT molecular complexity index is 370. The van der Waals surface area contributed by atoms with Crippen LogP contribution in [0.5, 0.6) is 0 Å². The van der Waals surface area contributed by atoms with Crippen molar-refractivity contribution in [1.29, 1.82) is 0 Å². The van der Waals surface area contributed by atoms with Gasteiger partial charge < -0.3 is 10.5 Å². The maximum Gasteiger partial charge on any atom is 0.330 e. The molecule has 74 valence electrons. The number of aryl methyl sites for hydroxylation is 1. The second-order valence-electron chi connectivity index (χ2n) is 2.97. The predicted octanol–water partition coefficient (Wildman–Crippen LogP) is 1.76. The lowest BCUT2D eigenvalue weighted by Crippen LogP contribution is -1.94. The summed E-state index contributed by atoms with van der Waals surface area (Å²) in [6.07, 6.45) is 3.07. The zero-order valence-electron chi connectivity index (χ0n) is 8.28. The number of carbonyl (C=O) groups is 1. The molecule has 1 aromatic rings. The highest BCUT2D eigenvalue weighted by molar-refractivity contribution is 5.87. The lowest BCUT2D eigenvalue weighted by Gasteiger charge is -2.01. The zero-order valence-corrected chi connectivity index (χ0v) is 8.28. The number of hydrogen-bond acceptors (Lipinski definition) is 3. The van der Waals surface area contributed by atoms with Crippen molar-refractivity contribution in [2.75, 3.05) is 12.8 Å². The minimum atomic E-state index is -0.369. The molecule has 0 unspecified atom stereocenters. The largest absolute Gasteiger partial charge is 0.466 e. The normalized spacial score (nSPS) is 10.4. The van der Waals surface area contributed by atoms with Crippen molar-refractivity contribution in [3.63, 3.8) is 0 Å². The maximum atomic E-state index is 10.8. The smallest absolute Gasteiger partial charge is 0.330 e. The van der Waals surface area contributed by atoms with Crippen molar-refractivity contribution in [3.05, 3.63) is 35.4 Å². The van der Waals surface area contributed by atoms with E-state index in [1.807, 2.05) is 25.1 Å². The van der Waals surface area contributed by atoms with Crippen LogP contribution in [0.1, 0.15) is 11.1 Å². The lowest BCUT2D eigenvalue weighted by molar-refractivity contribution is -0.134. The number of rotatable bonds is 2. The molecular formula is C11H13NO2. The first-order valence-corrected chi connectivity index (χ1v) is 4.25. The van der Waals surface area contributed by atoms with Crippen LogP contribution in [0.15, 0.2) is 24.3 Å². The first-order chi connectivity index (χ1) is 6.63. The summed E-state index contributed by atoms with van der Waals surface area (Å²) in [7, 11) is 1.35. The quantitative estimate of drug-likeness (QED) is 0.440. The number of carbonyl (C=O) groups excluding carboxylic acids is 1. The molecule has 2 N–H and O–H groups in total. The molecule has 0 fully saturated rings. The van der Waals surface area contributed by atoms with Gasteiger partial charge in [-0.3, -0.25) is 0 Å². The molecule has 0 aliphatic heterocycles. The van der Waals surface area contributed by atoms with E-state index in [-0.39, 0.29) is 5.97 Å². The first kappa shape index (κ1) is 10.3. The second-order valence-corrected chi connectivity index (χ2v) is 2.97. The summed E-state index contributed by atoms with van der Waals surface area (Å²) in [6, 6.07) is 5.55. The van der Waals surface area contributed by atoms with Gasteiger partial charge in [0.1, 0.15) is 0 Å². The fraction of sp³-hybridized carbons (Fsp3) is 0.182. The molecular weight excluding hydrogens is 178 g/mol. The Morgan fingerprint density at radius 1 is 1.50 bits per heavy atom. The van der Waals surface area contributed by atoms with Crippen LogP contribution >= 0.6 is 0 Å². The summed E-state index contributed by atoms with van der Waals surface area (Å²) in [4.78, 5) is 10.8. The zero-order chi connectivity index (χ0) is 10.6. The van der Waals surface area contributed by atoms with Gasteiger partial charge in [-0.1, -0.05) is 6.07 Å². The van der Waals surface area contributed by atoms with Gasteiger partial charge in [-0.15, -0.1) is 0 Å². The third-order valence-corrected chi connectivity index (χ3v) is 1.90. The summed E-state index contributed by atoms with van der Waals surface area (Å²) < 4.78 is 4.49. The highest BCUT2D eigenvalue weighted by atomic mass is 16.5. The second kappa shape index (κ2) is 4.46. The molecule has 3 nitrogen and oxygen atoms in total. The molecule has 0 amide bonds. The average Bonchev–Trinajstić information content (AvgIpc) is 2.19. The number of methoxy groups -OCH3 is 1. The number of benzene rings is 1. The van der Waals surface area contributed by atoms with Crippen molar-refractivity contribution in [1.82, 2.24) is 0 Å². The van der Waals surface area contributed by atoms with Crippen LogP contribution in [0.4, 0.5) is 5.69 Å². The number of nitrogen functional groups attached to an aromatic ring is 1. The van der Waals surface area contributed by atoms with Crippen LogP contribution in [0.2, 0.25) is 0 Å². The van der Waals surface area contributed by atoms with Gasteiger partial charge in [0.2, 0.25) is 0 Å². The summed E-state index contributed by atoms with van der Waals surface area (Å²) in [5.41, 5.74) is 8.29. The highest BCUT2D eigenvalue weighted by Crippen LogP contribution is 2.13. The molecule has 0 bridgehead atoms. The average molecular weight is 191 g/mol. The number of esters is 1. The van der Waals surface area contributed by atoms with Crippen molar-refractivity contribution >= 4 is 17.7 Å². The van der Waals surface area contributed by atoms with E-state index in [0.717, 1.165) is 11.1 Å². The summed E-state index contributed by atoms with van der Waals surface area (Å²) >= 11 is 0. The molecule has 14 heavy (non-hydrogen) atoms. The number of hydrogen-bond donors (Lipinski definition) is 1. The van der Waals surface area contributed by atoms with E-state index in [1.165, 1.54) is 13.2 Å². The van der Waals surface area contributed by atoms with Gasteiger partial charge in [0.05, 0.1) is 7.11 Å². The van der Waals surface area contributed by atoms with Crippen molar-refractivity contribution in [2.45, 2.75) is 6.92 Å². The Kier molecular flexibility index (Phi) is 3.29. The van der Waals surface area contributed by atoms with Gasteiger partial charge in [-0.05, 0) is 36.3 Å². The Morgan fingerprint density at radius 2 is 2.21 bits per heavy atom. The van der Waals surface area contributed by atoms with Gasteiger partial charge in [-0.2, -0.15) is 0 Å². The Balaban J connectivity index is 2.90. The van der Waals surface area contributed by atoms with E-state index in [1.54, 1.807) is 6.08 Å². The van der Waals surface area contributed by atoms with Gasteiger partial charge >= 0.3 is 5.97 Å². The third kappa shape index (κ3) is 2.62. The van der Waals surface area contributed by atoms with Crippen molar-refractivity contribution in [3.8, 4) is 0 Å². The van der Waals surface area contributed by atoms with Crippen molar-refractivity contribution in [2.24, 2.45) is 0 Å². The molecule has 3 heteroatoms. The standard InChI is InChI=1S/C11H13NO2/c1-8-3-5-10(12)7-9(8)4-6-11(13)14-2/h3-7H,12H2,1-2H3. The van der Waals surface area contributed by atoms with Crippen LogP contribution in [-0.2, 0) is 9.53 Å². The number of nitrogens with two attached hydrogens (primary N) is 1. The van der Waals surface area contributed by atoms with E-state index < -0.39 is 0 Å². The van der Waals surface area contributed by atoms with Crippen LogP contribution < -0.4 is 5.73 Å². The minimum absolute atomic E-state index is 0.369. The van der Waals surface area contributed by atoms with Crippen LogP contribution in [0, 0.1) is 6.92 Å². The van der Waals surface area contributed by atoms with E-state index in [2.05, 4.69) is 4.74 Å². The topological polar surface area (TPSA) is 52.3 Å².